The molecule has 0 atom stereocenters. The highest BCUT2D eigenvalue weighted by atomic mass is 16.6. The Kier molecular flexibility index (Phi) is 6.26. The summed E-state index contributed by atoms with van der Waals surface area (Å²) in [5.74, 6) is 0.624. The SMILES string of the molecule is Cc1c(-c2cc(OC(C)C)c3c(C#N)cnn3c2)cnn1C1CCN(C(=O)OC(C)(C)C)CC1. The minimum absolute atomic E-state index is 0.0422. The molecule has 0 unspecified atom stereocenters. The topological polar surface area (TPSA) is 97.7 Å². The van der Waals surface area contributed by atoms with Gasteiger partial charge in [-0.15, -0.1) is 0 Å². The van der Waals surface area contributed by atoms with Gasteiger partial charge < -0.3 is 14.4 Å². The number of likely N-dealkylation sites (tertiary alicyclic amines) is 1. The Labute approximate surface area is 199 Å². The summed E-state index contributed by atoms with van der Waals surface area (Å²) in [6, 6.07) is 4.35. The molecule has 1 fully saturated rings. The van der Waals surface area contributed by atoms with Crippen molar-refractivity contribution >= 4 is 11.6 Å². The number of nitriles is 1. The summed E-state index contributed by atoms with van der Waals surface area (Å²) in [5, 5.41) is 18.5. The van der Waals surface area contributed by atoms with E-state index in [1.165, 1.54) is 0 Å². The molecule has 4 heterocycles. The van der Waals surface area contributed by atoms with E-state index in [4.69, 9.17) is 14.6 Å². The third-order valence-electron chi connectivity index (χ3n) is 5.88. The largest absolute Gasteiger partial charge is 0.489 e. The van der Waals surface area contributed by atoms with Crippen molar-refractivity contribution in [1.29, 1.82) is 5.26 Å². The van der Waals surface area contributed by atoms with E-state index >= 15 is 0 Å². The Hall–Kier alpha value is -3.54. The van der Waals surface area contributed by atoms with E-state index in [1.807, 2.05) is 53.1 Å². The van der Waals surface area contributed by atoms with Crippen molar-refractivity contribution in [2.75, 3.05) is 13.1 Å². The van der Waals surface area contributed by atoms with Gasteiger partial charge in [-0.3, -0.25) is 4.68 Å². The molecule has 0 aromatic carbocycles. The first-order valence-electron chi connectivity index (χ1n) is 11.7. The number of pyridine rings is 1. The molecule has 9 heteroatoms. The second-order valence-corrected chi connectivity index (χ2v) is 10.0. The molecule has 1 amide bonds. The van der Waals surface area contributed by atoms with Gasteiger partial charge in [-0.2, -0.15) is 15.5 Å². The summed E-state index contributed by atoms with van der Waals surface area (Å²) >= 11 is 0. The minimum Gasteiger partial charge on any atom is -0.489 e. The molecule has 9 nitrogen and oxygen atoms in total. The molecular formula is C25H32N6O3. The quantitative estimate of drug-likeness (QED) is 0.553. The molecule has 4 rings (SSSR count). The average molecular weight is 465 g/mol. The first kappa shape index (κ1) is 23.6. The highest BCUT2D eigenvalue weighted by Crippen LogP contribution is 2.34. The maximum absolute atomic E-state index is 12.4. The zero-order valence-electron chi connectivity index (χ0n) is 20.7. The predicted octanol–water partition coefficient (Wildman–Crippen LogP) is 4.74. The van der Waals surface area contributed by atoms with Gasteiger partial charge in [-0.25, -0.2) is 9.31 Å². The van der Waals surface area contributed by atoms with Crippen LogP contribution in [0.3, 0.4) is 0 Å². The fourth-order valence-corrected chi connectivity index (χ4v) is 4.35. The first-order valence-corrected chi connectivity index (χ1v) is 11.7. The zero-order chi connectivity index (χ0) is 24.6. The summed E-state index contributed by atoms with van der Waals surface area (Å²) < 4.78 is 15.3. The molecule has 0 radical (unpaired) electrons. The molecule has 0 spiro atoms. The predicted molar refractivity (Wildman–Crippen MR) is 128 cm³/mol. The lowest BCUT2D eigenvalue weighted by Gasteiger charge is -2.33. The van der Waals surface area contributed by atoms with Crippen molar-refractivity contribution in [3.8, 4) is 22.9 Å². The average Bonchev–Trinajstić information content (AvgIpc) is 3.35. The van der Waals surface area contributed by atoms with E-state index in [9.17, 15) is 10.1 Å². The van der Waals surface area contributed by atoms with Crippen LogP contribution in [-0.4, -0.2) is 55.2 Å². The molecule has 0 N–H and O–H groups in total. The van der Waals surface area contributed by atoms with Crippen LogP contribution in [-0.2, 0) is 4.74 Å². The normalized spacial score (nSPS) is 15.1. The Morgan fingerprint density at radius 2 is 1.91 bits per heavy atom. The molecule has 180 valence electrons. The summed E-state index contributed by atoms with van der Waals surface area (Å²) in [7, 11) is 0. The second-order valence-electron chi connectivity index (χ2n) is 10.0. The van der Waals surface area contributed by atoms with Gasteiger partial charge in [0, 0.05) is 36.1 Å². The molecule has 34 heavy (non-hydrogen) atoms. The van der Waals surface area contributed by atoms with Crippen molar-refractivity contribution < 1.29 is 14.3 Å². The summed E-state index contributed by atoms with van der Waals surface area (Å²) in [5.41, 5.74) is 3.59. The van der Waals surface area contributed by atoms with E-state index in [-0.39, 0.29) is 18.2 Å². The van der Waals surface area contributed by atoms with Gasteiger partial charge in [0.1, 0.15) is 28.5 Å². The fourth-order valence-electron chi connectivity index (χ4n) is 4.35. The molecule has 1 aliphatic rings. The summed E-state index contributed by atoms with van der Waals surface area (Å²) in [4.78, 5) is 14.2. The Bertz CT molecular complexity index is 1240. The van der Waals surface area contributed by atoms with Crippen LogP contribution in [0.15, 0.2) is 24.7 Å². The molecular weight excluding hydrogens is 432 g/mol. The molecule has 0 saturated carbocycles. The van der Waals surface area contributed by atoms with E-state index in [0.717, 1.165) is 29.7 Å². The number of aromatic nitrogens is 4. The van der Waals surface area contributed by atoms with Crippen LogP contribution in [0, 0.1) is 18.3 Å². The van der Waals surface area contributed by atoms with Crippen LogP contribution in [0.1, 0.15) is 64.8 Å². The third kappa shape index (κ3) is 4.72. The van der Waals surface area contributed by atoms with Gasteiger partial charge in [0.25, 0.3) is 0 Å². The van der Waals surface area contributed by atoms with E-state index < -0.39 is 5.60 Å². The second kappa shape index (κ2) is 9.01. The third-order valence-corrected chi connectivity index (χ3v) is 5.88. The van der Waals surface area contributed by atoms with Gasteiger partial charge in [-0.05, 0) is 60.5 Å². The lowest BCUT2D eigenvalue weighted by Crippen LogP contribution is -2.42. The van der Waals surface area contributed by atoms with Crippen LogP contribution >= 0.6 is 0 Å². The molecule has 3 aromatic rings. The van der Waals surface area contributed by atoms with E-state index in [1.54, 1.807) is 15.6 Å². The fraction of sp³-hybridized carbons (Fsp3) is 0.520. The lowest BCUT2D eigenvalue weighted by molar-refractivity contribution is 0.0184. The number of piperidine rings is 1. The number of ether oxygens (including phenoxy) is 2. The number of rotatable bonds is 4. The Morgan fingerprint density at radius 3 is 2.53 bits per heavy atom. The van der Waals surface area contributed by atoms with Crippen molar-refractivity contribution in [3.63, 3.8) is 0 Å². The van der Waals surface area contributed by atoms with Crippen LogP contribution in [0.5, 0.6) is 5.75 Å². The molecule has 0 aliphatic carbocycles. The van der Waals surface area contributed by atoms with Gasteiger partial charge in [-0.1, -0.05) is 0 Å². The van der Waals surface area contributed by atoms with Crippen molar-refractivity contribution in [2.45, 2.75) is 72.1 Å². The van der Waals surface area contributed by atoms with Crippen LogP contribution in [0.4, 0.5) is 4.79 Å². The summed E-state index contributed by atoms with van der Waals surface area (Å²) in [6.45, 7) is 12.9. The van der Waals surface area contributed by atoms with Crippen molar-refractivity contribution in [3.05, 3.63) is 35.9 Å². The van der Waals surface area contributed by atoms with Crippen LogP contribution < -0.4 is 4.74 Å². The van der Waals surface area contributed by atoms with Gasteiger partial charge in [0.2, 0.25) is 0 Å². The Morgan fingerprint density at radius 1 is 1.21 bits per heavy atom. The number of fused-ring (bicyclic) bond motifs is 1. The standard InChI is InChI=1S/C25H32N6O3/c1-16(2)33-22-11-18(15-30-23(22)19(12-26)13-27-30)21-14-28-31(17(21)3)20-7-9-29(10-8-20)24(32)34-25(4,5)6/h11,13-16,20H,7-10H2,1-6H3. The molecule has 1 saturated heterocycles. The number of hydrogen-bond acceptors (Lipinski definition) is 6. The molecule has 3 aromatic heterocycles. The lowest BCUT2D eigenvalue weighted by atomic mass is 10.0. The maximum atomic E-state index is 12.4. The number of carbonyl (C=O) groups excluding carboxylic acids is 1. The van der Waals surface area contributed by atoms with Crippen LogP contribution in [0.25, 0.3) is 16.6 Å². The van der Waals surface area contributed by atoms with Gasteiger partial charge in [0.05, 0.1) is 24.5 Å². The monoisotopic (exact) mass is 464 g/mol. The molecule has 1 aliphatic heterocycles. The van der Waals surface area contributed by atoms with Crippen molar-refractivity contribution in [2.24, 2.45) is 0 Å². The summed E-state index contributed by atoms with van der Waals surface area (Å²) in [6.07, 6.45) is 6.65. The number of amides is 1. The van der Waals surface area contributed by atoms with Crippen LogP contribution in [0.2, 0.25) is 0 Å². The first-order chi connectivity index (χ1) is 16.1. The zero-order valence-corrected chi connectivity index (χ0v) is 20.7. The number of hydrogen-bond donors (Lipinski definition) is 0. The number of carbonyl (C=O) groups is 1. The van der Waals surface area contributed by atoms with Gasteiger partial charge >= 0.3 is 6.09 Å². The minimum atomic E-state index is -0.497. The Balaban J connectivity index is 1.58. The number of nitrogens with zero attached hydrogens (tertiary/aromatic N) is 6. The highest BCUT2D eigenvalue weighted by molar-refractivity contribution is 5.76. The van der Waals surface area contributed by atoms with Gasteiger partial charge in [0.15, 0.2) is 0 Å². The molecule has 0 bridgehead atoms. The smallest absolute Gasteiger partial charge is 0.410 e. The van der Waals surface area contributed by atoms with Crippen molar-refractivity contribution in [1.82, 2.24) is 24.3 Å². The maximum Gasteiger partial charge on any atom is 0.410 e. The highest BCUT2D eigenvalue weighted by Gasteiger charge is 2.29. The van der Waals surface area contributed by atoms with E-state index in [0.29, 0.717) is 29.9 Å². The van der Waals surface area contributed by atoms with E-state index in [2.05, 4.69) is 22.8 Å².